The predicted molar refractivity (Wildman–Crippen MR) is 115 cm³/mol. The molecular formula is C22H26F2N2O5S. The summed E-state index contributed by atoms with van der Waals surface area (Å²) in [5, 5.41) is 4.11. The number of aromatic nitrogens is 2. The van der Waals surface area contributed by atoms with Crippen molar-refractivity contribution in [3.63, 3.8) is 0 Å². The Balaban J connectivity index is 2.02. The number of carbonyl (C=O) groups is 2. The second kappa shape index (κ2) is 9.99. The van der Waals surface area contributed by atoms with Gasteiger partial charge >= 0.3 is 11.4 Å². The van der Waals surface area contributed by atoms with Gasteiger partial charge in [-0.15, -0.1) is 0 Å². The van der Waals surface area contributed by atoms with E-state index in [1.165, 1.54) is 10.9 Å². The molecule has 0 aliphatic heterocycles. The highest BCUT2D eigenvalue weighted by molar-refractivity contribution is 7.75. The molecule has 0 spiro atoms. The summed E-state index contributed by atoms with van der Waals surface area (Å²) in [5.74, 6) is -1.14. The number of carbonyl (C=O) groups excluding carboxylic acids is 2. The van der Waals surface area contributed by atoms with Crippen LogP contribution in [-0.4, -0.2) is 45.5 Å². The van der Waals surface area contributed by atoms with Gasteiger partial charge in [0.1, 0.15) is 18.9 Å². The Bertz CT molecular complexity index is 1050. The van der Waals surface area contributed by atoms with Crippen molar-refractivity contribution < 1.29 is 30.9 Å². The van der Waals surface area contributed by atoms with Gasteiger partial charge in [-0.1, -0.05) is 19.1 Å². The van der Waals surface area contributed by atoms with Gasteiger partial charge in [0.2, 0.25) is 5.88 Å². The Morgan fingerprint density at radius 3 is 2.59 bits per heavy atom. The summed E-state index contributed by atoms with van der Waals surface area (Å²) in [6, 6.07) is 3.22. The molecule has 0 fully saturated rings. The first-order chi connectivity index (χ1) is 15.3. The summed E-state index contributed by atoms with van der Waals surface area (Å²) < 4.78 is 51.1. The molecule has 1 unspecified atom stereocenters. The molecule has 0 N–H and O–H groups in total. The van der Waals surface area contributed by atoms with E-state index in [9.17, 15) is 22.6 Å². The average molecular weight is 469 g/mol. The molecular weight excluding hydrogens is 442 g/mol. The third kappa shape index (κ3) is 4.25. The van der Waals surface area contributed by atoms with Crippen molar-refractivity contribution in [3.8, 4) is 5.88 Å². The summed E-state index contributed by atoms with van der Waals surface area (Å²) in [6.07, 6.45) is 2.37. The molecule has 2 aromatic rings. The number of alkyl halides is 2. The van der Waals surface area contributed by atoms with E-state index in [0.717, 1.165) is 0 Å². The highest BCUT2D eigenvalue weighted by Crippen LogP contribution is 2.39. The van der Waals surface area contributed by atoms with Crippen LogP contribution in [0.25, 0.3) is 0 Å². The molecule has 7 nitrogen and oxygen atoms in total. The minimum atomic E-state index is -2.12. The highest BCUT2D eigenvalue weighted by Gasteiger charge is 2.44. The molecule has 174 valence electrons. The lowest BCUT2D eigenvalue weighted by atomic mass is 9.70. The second-order valence-electron chi connectivity index (χ2n) is 7.77. The number of aryl methyl sites for hydroxylation is 2. The molecule has 3 rings (SSSR count). The van der Waals surface area contributed by atoms with E-state index < -0.39 is 41.7 Å². The van der Waals surface area contributed by atoms with Crippen molar-refractivity contribution in [3.05, 3.63) is 46.1 Å². The van der Waals surface area contributed by atoms with Crippen molar-refractivity contribution >= 4 is 22.9 Å². The van der Waals surface area contributed by atoms with Gasteiger partial charge < -0.3 is 4.18 Å². The van der Waals surface area contributed by atoms with Crippen molar-refractivity contribution in [2.75, 3.05) is 20.0 Å². The number of benzene rings is 1. The topological polar surface area (TPSA) is 87.5 Å². The highest BCUT2D eigenvalue weighted by atomic mass is 32.2. The van der Waals surface area contributed by atoms with Crippen LogP contribution in [0.1, 0.15) is 64.1 Å². The number of fused-ring (bicyclic) bond motifs is 1. The van der Waals surface area contributed by atoms with Gasteiger partial charge in [0.15, 0.2) is 11.6 Å². The second-order valence-corrected chi connectivity index (χ2v) is 8.58. The fraction of sp³-hybridized carbons (Fsp3) is 0.500. The number of hydrogen-bond acceptors (Lipinski definition) is 6. The van der Waals surface area contributed by atoms with E-state index in [-0.39, 0.29) is 35.6 Å². The maximum absolute atomic E-state index is 13.6. The van der Waals surface area contributed by atoms with Crippen LogP contribution in [0.2, 0.25) is 0 Å². The van der Waals surface area contributed by atoms with Crippen LogP contribution in [0.5, 0.6) is 5.88 Å². The van der Waals surface area contributed by atoms with Gasteiger partial charge in [0.05, 0.1) is 18.2 Å². The largest absolute Gasteiger partial charge is 0.361 e. The maximum Gasteiger partial charge on any atom is 0.361 e. The summed E-state index contributed by atoms with van der Waals surface area (Å²) in [7, 11) is 0. The Hall–Kier alpha value is -2.46. The van der Waals surface area contributed by atoms with Gasteiger partial charge in [0, 0.05) is 17.7 Å². The summed E-state index contributed by atoms with van der Waals surface area (Å²) in [5.41, 5.74) is -0.259. The number of hydrogen-bond donors (Lipinski definition) is 0. The van der Waals surface area contributed by atoms with Gasteiger partial charge in [-0.25, -0.2) is 13.5 Å². The fourth-order valence-corrected chi connectivity index (χ4v) is 4.47. The predicted octanol–water partition coefficient (Wildman–Crippen LogP) is 3.88. The van der Waals surface area contributed by atoms with Crippen LogP contribution in [-0.2, 0) is 28.5 Å². The van der Waals surface area contributed by atoms with Crippen molar-refractivity contribution in [2.45, 2.75) is 46.6 Å². The van der Waals surface area contributed by atoms with Gasteiger partial charge in [0.25, 0.3) is 0 Å². The van der Waals surface area contributed by atoms with E-state index in [2.05, 4.69) is 5.10 Å². The zero-order valence-electron chi connectivity index (χ0n) is 18.3. The van der Waals surface area contributed by atoms with E-state index in [4.69, 9.17) is 8.37 Å². The third-order valence-electron chi connectivity index (χ3n) is 5.76. The molecule has 0 radical (unpaired) electrons. The zero-order chi connectivity index (χ0) is 23.5. The van der Waals surface area contributed by atoms with E-state index >= 15 is 0 Å². The van der Waals surface area contributed by atoms with Crippen LogP contribution in [0, 0.1) is 12.3 Å². The number of rotatable bonds is 10. The Labute approximate surface area is 188 Å². The molecule has 0 saturated carbocycles. The number of halogens is 2. The summed E-state index contributed by atoms with van der Waals surface area (Å²) >= 11 is -2.12. The van der Waals surface area contributed by atoms with Crippen LogP contribution >= 0.6 is 0 Å². The normalized spacial score (nSPS) is 16.0. The first kappa shape index (κ1) is 24.2. The van der Waals surface area contributed by atoms with Crippen LogP contribution < -0.4 is 4.18 Å². The molecule has 32 heavy (non-hydrogen) atoms. The molecule has 1 aromatic heterocycles. The monoisotopic (exact) mass is 468 g/mol. The Morgan fingerprint density at radius 1 is 1.25 bits per heavy atom. The first-order valence-electron chi connectivity index (χ1n) is 10.5. The molecule has 0 bridgehead atoms. The Morgan fingerprint density at radius 2 is 1.97 bits per heavy atom. The molecule has 1 heterocycles. The van der Waals surface area contributed by atoms with Gasteiger partial charge in [-0.2, -0.15) is 9.31 Å². The number of nitrogens with zero attached hydrogens (tertiary/aromatic N) is 2. The van der Waals surface area contributed by atoms with Crippen molar-refractivity contribution in [1.82, 2.24) is 9.78 Å². The van der Waals surface area contributed by atoms with Crippen molar-refractivity contribution in [2.24, 2.45) is 5.41 Å². The smallest absolute Gasteiger partial charge is 0.359 e. The summed E-state index contributed by atoms with van der Waals surface area (Å²) in [6.45, 7) is 3.60. The Kier molecular flexibility index (Phi) is 7.55. The van der Waals surface area contributed by atoms with Gasteiger partial charge in [-0.3, -0.25) is 13.8 Å². The summed E-state index contributed by atoms with van der Waals surface area (Å²) in [4.78, 5) is 26.4. The quantitative estimate of drug-likeness (QED) is 0.492. The lowest BCUT2D eigenvalue weighted by molar-refractivity contribution is 0.0628. The maximum atomic E-state index is 13.6. The third-order valence-corrected chi connectivity index (χ3v) is 6.41. The SMILES string of the molecule is CCCOS(=O)Oc1c(C(=O)c2ccc3c(c2C)C(=O)C(CF)(CF)CC3)cnn1CC. The van der Waals surface area contributed by atoms with E-state index in [1.54, 1.807) is 26.0 Å². The minimum Gasteiger partial charge on any atom is -0.359 e. The van der Waals surface area contributed by atoms with Crippen LogP contribution in [0.15, 0.2) is 18.3 Å². The lowest BCUT2D eigenvalue weighted by Gasteiger charge is -2.33. The first-order valence-corrected chi connectivity index (χ1v) is 11.5. The van der Waals surface area contributed by atoms with E-state index in [1.807, 2.05) is 6.92 Å². The minimum absolute atomic E-state index is 0.0164. The zero-order valence-corrected chi connectivity index (χ0v) is 19.1. The van der Waals surface area contributed by atoms with Crippen molar-refractivity contribution in [1.29, 1.82) is 0 Å². The number of ketones is 2. The fourth-order valence-electron chi connectivity index (χ4n) is 3.81. The molecule has 10 heteroatoms. The molecule has 1 aliphatic carbocycles. The molecule has 0 saturated heterocycles. The molecule has 1 aromatic carbocycles. The van der Waals surface area contributed by atoms with Crippen LogP contribution in [0.4, 0.5) is 8.78 Å². The van der Waals surface area contributed by atoms with Crippen LogP contribution in [0.3, 0.4) is 0 Å². The average Bonchev–Trinajstić information content (AvgIpc) is 3.20. The lowest BCUT2D eigenvalue weighted by Crippen LogP contribution is -2.40. The van der Waals surface area contributed by atoms with Gasteiger partial charge in [-0.05, 0) is 44.2 Å². The van der Waals surface area contributed by atoms with E-state index in [0.29, 0.717) is 30.5 Å². The molecule has 0 amide bonds. The molecule has 1 aliphatic rings. The molecule has 1 atom stereocenters. The standard InChI is InChI=1S/C22H26F2N2O5S/c1-4-10-30-32(29)31-21-17(11-25-26(21)5-2)19(27)16-7-6-15-8-9-22(12-23,13-24)20(28)18(15)14(16)3/h6-7,11H,4-5,8-10,12-13H2,1-3H3. The number of Topliss-reactive ketones (excluding diaryl/α,β-unsaturated/α-hetero) is 1.